The Kier molecular flexibility index (Phi) is 5.58. The lowest BCUT2D eigenvalue weighted by atomic mass is 10.2. The van der Waals surface area contributed by atoms with Crippen molar-refractivity contribution in [3.05, 3.63) is 71.4 Å². The molecule has 25 heavy (non-hydrogen) atoms. The predicted molar refractivity (Wildman–Crippen MR) is 105 cm³/mol. The maximum Gasteiger partial charge on any atom is 0.171 e. The van der Waals surface area contributed by atoms with Gasteiger partial charge < -0.3 is 19.8 Å². The van der Waals surface area contributed by atoms with Crippen molar-refractivity contribution in [2.45, 2.75) is 6.54 Å². The Morgan fingerprint density at radius 3 is 2.68 bits per heavy atom. The second-order valence-electron chi connectivity index (χ2n) is 5.31. The zero-order chi connectivity index (χ0) is 17.6. The SMILES string of the molecule is COc1cccc(NC(=S)NCc2ccc(-c3ccc(Cl)cc3)o2)c1. The molecular weight excluding hydrogens is 356 g/mol. The molecule has 3 rings (SSSR count). The maximum absolute atomic E-state index is 5.90. The maximum atomic E-state index is 5.90. The van der Waals surface area contributed by atoms with E-state index < -0.39 is 0 Å². The number of methoxy groups -OCH3 is 1. The molecule has 2 N–H and O–H groups in total. The van der Waals surface area contributed by atoms with E-state index in [9.17, 15) is 0 Å². The van der Waals surface area contributed by atoms with Crippen LogP contribution in [0.3, 0.4) is 0 Å². The molecule has 1 aromatic heterocycles. The number of nitrogens with one attached hydrogen (secondary N) is 2. The lowest BCUT2D eigenvalue weighted by molar-refractivity contribution is 0.415. The molecule has 0 unspecified atom stereocenters. The third-order valence-corrected chi connectivity index (χ3v) is 4.04. The van der Waals surface area contributed by atoms with Gasteiger partial charge in [-0.1, -0.05) is 17.7 Å². The van der Waals surface area contributed by atoms with Crippen LogP contribution in [0.1, 0.15) is 5.76 Å². The molecule has 4 nitrogen and oxygen atoms in total. The first-order chi connectivity index (χ1) is 12.1. The topological polar surface area (TPSA) is 46.4 Å². The summed E-state index contributed by atoms with van der Waals surface area (Å²) in [6, 6.07) is 18.9. The predicted octanol–water partition coefficient (Wildman–Crippen LogP) is 5.10. The van der Waals surface area contributed by atoms with Gasteiger partial charge in [0.05, 0.1) is 13.7 Å². The number of benzene rings is 2. The first kappa shape index (κ1) is 17.3. The highest BCUT2D eigenvalue weighted by molar-refractivity contribution is 7.80. The van der Waals surface area contributed by atoms with Gasteiger partial charge in [-0.15, -0.1) is 0 Å². The lowest BCUT2D eigenvalue weighted by Crippen LogP contribution is -2.27. The van der Waals surface area contributed by atoms with Gasteiger partial charge in [-0.2, -0.15) is 0 Å². The molecule has 0 fully saturated rings. The number of thiocarbonyl (C=S) groups is 1. The summed E-state index contributed by atoms with van der Waals surface area (Å²) in [5.74, 6) is 2.35. The van der Waals surface area contributed by atoms with Gasteiger partial charge in [0.15, 0.2) is 5.11 Å². The molecule has 0 aliphatic carbocycles. The van der Waals surface area contributed by atoms with Crippen LogP contribution >= 0.6 is 23.8 Å². The number of hydrogen-bond acceptors (Lipinski definition) is 3. The van der Waals surface area contributed by atoms with E-state index in [4.69, 9.17) is 33.0 Å². The van der Waals surface area contributed by atoms with Gasteiger partial charge in [-0.05, 0) is 60.7 Å². The molecule has 0 aliphatic rings. The van der Waals surface area contributed by atoms with Crippen molar-refractivity contribution >= 4 is 34.6 Å². The Morgan fingerprint density at radius 1 is 1.12 bits per heavy atom. The summed E-state index contributed by atoms with van der Waals surface area (Å²) in [7, 11) is 1.63. The molecule has 0 saturated heterocycles. The first-order valence-corrected chi connectivity index (χ1v) is 8.46. The van der Waals surface area contributed by atoms with Crippen molar-refractivity contribution in [2.24, 2.45) is 0 Å². The van der Waals surface area contributed by atoms with E-state index >= 15 is 0 Å². The summed E-state index contributed by atoms with van der Waals surface area (Å²) in [4.78, 5) is 0. The minimum atomic E-state index is 0.489. The average Bonchev–Trinajstić information content (AvgIpc) is 3.10. The van der Waals surface area contributed by atoms with E-state index in [1.165, 1.54) is 0 Å². The molecule has 0 radical (unpaired) electrons. The third-order valence-electron chi connectivity index (χ3n) is 3.54. The van der Waals surface area contributed by atoms with Gasteiger partial charge >= 0.3 is 0 Å². The summed E-state index contributed by atoms with van der Waals surface area (Å²) in [5, 5.41) is 7.45. The van der Waals surface area contributed by atoms with Crippen LogP contribution in [0.25, 0.3) is 11.3 Å². The Morgan fingerprint density at radius 2 is 1.92 bits per heavy atom. The molecule has 0 spiro atoms. The quantitative estimate of drug-likeness (QED) is 0.610. The molecule has 128 valence electrons. The largest absolute Gasteiger partial charge is 0.497 e. The Bertz CT molecular complexity index is 862. The van der Waals surface area contributed by atoms with Crippen molar-refractivity contribution < 1.29 is 9.15 Å². The fourth-order valence-electron chi connectivity index (χ4n) is 2.29. The number of ether oxygens (including phenoxy) is 1. The number of halogens is 1. The number of anilines is 1. The Hall–Kier alpha value is -2.50. The van der Waals surface area contributed by atoms with E-state index in [0.717, 1.165) is 28.5 Å². The van der Waals surface area contributed by atoms with Crippen LogP contribution in [0.5, 0.6) is 5.75 Å². The highest BCUT2D eigenvalue weighted by Crippen LogP contribution is 2.23. The van der Waals surface area contributed by atoms with Crippen molar-refractivity contribution in [3.63, 3.8) is 0 Å². The van der Waals surface area contributed by atoms with Crippen LogP contribution in [0.4, 0.5) is 5.69 Å². The van der Waals surface area contributed by atoms with Gasteiger partial charge in [0, 0.05) is 22.3 Å². The second kappa shape index (κ2) is 8.05. The molecule has 1 heterocycles. The summed E-state index contributed by atoms with van der Waals surface area (Å²) in [6.07, 6.45) is 0. The van der Waals surface area contributed by atoms with Gasteiger partial charge in [-0.3, -0.25) is 0 Å². The fraction of sp³-hybridized carbons (Fsp3) is 0.105. The number of hydrogen-bond donors (Lipinski definition) is 2. The van der Waals surface area contributed by atoms with E-state index in [0.29, 0.717) is 16.7 Å². The van der Waals surface area contributed by atoms with Crippen LogP contribution in [-0.2, 0) is 6.54 Å². The highest BCUT2D eigenvalue weighted by atomic mass is 35.5. The summed E-state index contributed by atoms with van der Waals surface area (Å²) >= 11 is 11.2. The zero-order valence-electron chi connectivity index (χ0n) is 13.6. The molecule has 0 bridgehead atoms. The minimum Gasteiger partial charge on any atom is -0.497 e. The van der Waals surface area contributed by atoms with Crippen LogP contribution in [-0.4, -0.2) is 12.2 Å². The average molecular weight is 373 g/mol. The Balaban J connectivity index is 1.56. The van der Waals surface area contributed by atoms with Crippen LogP contribution < -0.4 is 15.4 Å². The zero-order valence-corrected chi connectivity index (χ0v) is 15.2. The summed E-state index contributed by atoms with van der Waals surface area (Å²) in [6.45, 7) is 0.489. The monoisotopic (exact) mass is 372 g/mol. The Labute approximate surface area is 156 Å². The minimum absolute atomic E-state index is 0.489. The summed E-state index contributed by atoms with van der Waals surface area (Å²) in [5.41, 5.74) is 1.84. The molecule has 0 amide bonds. The van der Waals surface area contributed by atoms with Gasteiger partial charge in [0.1, 0.15) is 17.3 Å². The van der Waals surface area contributed by atoms with Crippen LogP contribution in [0.2, 0.25) is 5.02 Å². The van der Waals surface area contributed by atoms with Crippen molar-refractivity contribution in [2.75, 3.05) is 12.4 Å². The van der Waals surface area contributed by atoms with E-state index in [1.54, 1.807) is 7.11 Å². The molecular formula is C19H17ClN2O2S. The highest BCUT2D eigenvalue weighted by Gasteiger charge is 2.06. The molecule has 0 atom stereocenters. The lowest BCUT2D eigenvalue weighted by Gasteiger charge is -2.10. The molecule has 0 saturated carbocycles. The second-order valence-corrected chi connectivity index (χ2v) is 6.16. The molecule has 0 aliphatic heterocycles. The van der Waals surface area contributed by atoms with Gasteiger partial charge in [-0.25, -0.2) is 0 Å². The number of rotatable bonds is 5. The normalized spacial score (nSPS) is 10.3. The third kappa shape index (κ3) is 4.75. The smallest absolute Gasteiger partial charge is 0.171 e. The fourth-order valence-corrected chi connectivity index (χ4v) is 2.60. The number of furan rings is 1. The molecule has 3 aromatic rings. The van der Waals surface area contributed by atoms with Gasteiger partial charge in [0.2, 0.25) is 0 Å². The van der Waals surface area contributed by atoms with Crippen molar-refractivity contribution in [3.8, 4) is 17.1 Å². The van der Waals surface area contributed by atoms with E-state index in [2.05, 4.69) is 10.6 Å². The first-order valence-electron chi connectivity index (χ1n) is 7.67. The van der Waals surface area contributed by atoms with Gasteiger partial charge in [0.25, 0.3) is 0 Å². The van der Waals surface area contributed by atoms with E-state index in [-0.39, 0.29) is 0 Å². The summed E-state index contributed by atoms with van der Waals surface area (Å²) < 4.78 is 11.0. The van der Waals surface area contributed by atoms with E-state index in [1.807, 2.05) is 60.7 Å². The van der Waals surface area contributed by atoms with Crippen molar-refractivity contribution in [1.29, 1.82) is 0 Å². The molecule has 6 heteroatoms. The van der Waals surface area contributed by atoms with Crippen LogP contribution in [0.15, 0.2) is 65.1 Å². The molecule has 2 aromatic carbocycles. The van der Waals surface area contributed by atoms with Crippen molar-refractivity contribution in [1.82, 2.24) is 5.32 Å². The standard InChI is InChI=1S/C19H17ClN2O2S/c1-23-16-4-2-3-15(11-16)22-19(25)21-12-17-9-10-18(24-17)13-5-7-14(20)8-6-13/h2-11H,12H2,1H3,(H2,21,22,25). The van der Waals surface area contributed by atoms with Crippen LogP contribution in [0, 0.1) is 0 Å².